The van der Waals surface area contributed by atoms with E-state index in [4.69, 9.17) is 4.74 Å². The van der Waals surface area contributed by atoms with E-state index in [1.165, 1.54) is 28.8 Å². The van der Waals surface area contributed by atoms with Crippen LogP contribution in [0.15, 0.2) is 24.3 Å². The highest BCUT2D eigenvalue weighted by molar-refractivity contribution is 8.00. The predicted octanol–water partition coefficient (Wildman–Crippen LogP) is 4.83. The molecule has 1 fully saturated rings. The zero-order valence-corrected chi connectivity index (χ0v) is 17.3. The van der Waals surface area contributed by atoms with Gasteiger partial charge in [-0.05, 0) is 36.5 Å². The Kier molecular flexibility index (Phi) is 7.42. The minimum absolute atomic E-state index is 0.0762. The Bertz CT molecular complexity index is 706. The molecule has 4 nitrogen and oxygen atoms in total. The summed E-state index contributed by atoms with van der Waals surface area (Å²) in [6, 6.07) is 3.53. The van der Waals surface area contributed by atoms with E-state index < -0.39 is 29.7 Å². The Hall–Kier alpha value is -1.70. The smallest absolute Gasteiger partial charge is 0.416 e. The van der Waals surface area contributed by atoms with Crippen molar-refractivity contribution >= 4 is 23.6 Å². The van der Waals surface area contributed by atoms with Gasteiger partial charge in [-0.3, -0.25) is 4.79 Å². The second-order valence-electron chi connectivity index (χ2n) is 7.75. The summed E-state index contributed by atoms with van der Waals surface area (Å²) < 4.78 is 44.4. The van der Waals surface area contributed by atoms with Crippen molar-refractivity contribution in [3.8, 4) is 0 Å². The Morgan fingerprint density at radius 3 is 2.46 bits per heavy atom. The average molecular weight is 417 g/mol. The van der Waals surface area contributed by atoms with Gasteiger partial charge >= 0.3 is 12.1 Å². The number of hydrogen-bond acceptors (Lipinski definition) is 4. The summed E-state index contributed by atoms with van der Waals surface area (Å²) >= 11 is 1.46. The molecule has 1 amide bonds. The molecular formula is C20H26F3NO3S. The fourth-order valence-electron chi connectivity index (χ4n) is 2.92. The molecule has 156 valence electrons. The maximum Gasteiger partial charge on any atom is 0.416 e. The fraction of sp³-hybridized carbons (Fsp3) is 0.600. The molecule has 1 aromatic rings. The number of rotatable bonds is 6. The molecule has 1 aliphatic heterocycles. The van der Waals surface area contributed by atoms with E-state index >= 15 is 0 Å². The van der Waals surface area contributed by atoms with Crippen molar-refractivity contribution in [3.63, 3.8) is 0 Å². The van der Waals surface area contributed by atoms with E-state index in [9.17, 15) is 22.8 Å². The summed E-state index contributed by atoms with van der Waals surface area (Å²) in [6.45, 7) is 8.05. The number of alkyl halides is 3. The monoisotopic (exact) mass is 417 g/mol. The van der Waals surface area contributed by atoms with Crippen molar-refractivity contribution in [2.75, 3.05) is 12.4 Å². The second-order valence-corrected chi connectivity index (χ2v) is 8.96. The molecule has 2 rings (SSSR count). The summed E-state index contributed by atoms with van der Waals surface area (Å²) in [4.78, 5) is 27.1. The first-order valence-electron chi connectivity index (χ1n) is 9.28. The van der Waals surface area contributed by atoms with Crippen LogP contribution in [0, 0.1) is 11.8 Å². The maximum atomic E-state index is 13.1. The van der Waals surface area contributed by atoms with Crippen LogP contribution in [-0.4, -0.2) is 40.6 Å². The van der Waals surface area contributed by atoms with Crippen LogP contribution >= 0.6 is 11.8 Å². The van der Waals surface area contributed by atoms with E-state index in [0.29, 0.717) is 12.2 Å². The topological polar surface area (TPSA) is 46.6 Å². The van der Waals surface area contributed by atoms with Gasteiger partial charge in [0.15, 0.2) is 0 Å². The Labute approximate surface area is 167 Å². The first-order valence-corrected chi connectivity index (χ1v) is 10.3. The van der Waals surface area contributed by atoms with Crippen molar-refractivity contribution in [1.82, 2.24) is 4.90 Å². The number of benzene rings is 1. The van der Waals surface area contributed by atoms with Crippen molar-refractivity contribution < 1.29 is 27.5 Å². The average Bonchev–Trinajstić information content (AvgIpc) is 3.01. The molecule has 2 atom stereocenters. The number of amides is 1. The molecule has 28 heavy (non-hydrogen) atoms. The molecule has 0 aromatic heterocycles. The predicted molar refractivity (Wildman–Crippen MR) is 103 cm³/mol. The van der Waals surface area contributed by atoms with Gasteiger partial charge in [-0.15, -0.1) is 11.8 Å². The lowest BCUT2D eigenvalue weighted by atomic mass is 10.1. The first kappa shape index (κ1) is 22.6. The zero-order valence-electron chi connectivity index (χ0n) is 16.5. The molecule has 1 aromatic carbocycles. The molecule has 0 spiro atoms. The van der Waals surface area contributed by atoms with Crippen molar-refractivity contribution in [3.05, 3.63) is 35.4 Å². The van der Waals surface area contributed by atoms with E-state index in [2.05, 4.69) is 0 Å². The molecule has 1 aliphatic rings. The number of hydrogen-bond donors (Lipinski definition) is 0. The lowest BCUT2D eigenvalue weighted by molar-refractivity contribution is -0.149. The number of carbonyl (C=O) groups excluding carboxylic acids is 2. The summed E-state index contributed by atoms with van der Waals surface area (Å²) in [7, 11) is 0. The van der Waals surface area contributed by atoms with Crippen LogP contribution < -0.4 is 0 Å². The molecule has 0 N–H and O–H groups in total. The third-order valence-electron chi connectivity index (χ3n) is 4.27. The van der Waals surface area contributed by atoms with Crippen LogP contribution in [0.2, 0.25) is 0 Å². The molecule has 1 saturated heterocycles. The minimum atomic E-state index is -4.54. The summed E-state index contributed by atoms with van der Waals surface area (Å²) in [5.74, 6) is -0.295. The largest absolute Gasteiger partial charge is 0.464 e. The van der Waals surface area contributed by atoms with E-state index in [1.807, 2.05) is 27.7 Å². The quantitative estimate of drug-likeness (QED) is 0.622. The highest BCUT2D eigenvalue weighted by Gasteiger charge is 2.43. The molecule has 2 unspecified atom stereocenters. The normalized spacial score (nSPS) is 20.1. The zero-order chi connectivity index (χ0) is 21.1. The Morgan fingerprint density at radius 1 is 1.21 bits per heavy atom. The standard InChI is InChI=1S/C20H26F3NO3S/c1-12(2)8-17-24(16(11-28-17)19(26)27-10-13(3)4)18(25)14-6-5-7-15(9-14)20(21,22)23/h5-7,9,12-13,16-17H,8,10-11H2,1-4H3. The summed E-state index contributed by atoms with van der Waals surface area (Å²) in [6.07, 6.45) is -3.90. The van der Waals surface area contributed by atoms with Gasteiger partial charge in [0.25, 0.3) is 5.91 Å². The fourth-order valence-corrected chi connectivity index (χ4v) is 4.55. The third-order valence-corrected chi connectivity index (χ3v) is 5.58. The van der Waals surface area contributed by atoms with Crippen molar-refractivity contribution in [1.29, 1.82) is 0 Å². The van der Waals surface area contributed by atoms with Crippen LogP contribution in [0.5, 0.6) is 0 Å². The van der Waals surface area contributed by atoms with Gasteiger partial charge in [0.2, 0.25) is 0 Å². The molecular weight excluding hydrogens is 391 g/mol. The second kappa shape index (κ2) is 9.20. The molecule has 0 aliphatic carbocycles. The lowest BCUT2D eigenvalue weighted by Crippen LogP contribution is -2.47. The summed E-state index contributed by atoms with van der Waals surface area (Å²) in [5, 5.41) is -0.279. The molecule has 8 heteroatoms. The number of carbonyl (C=O) groups is 2. The van der Waals surface area contributed by atoms with Crippen molar-refractivity contribution in [2.45, 2.75) is 51.7 Å². The van der Waals surface area contributed by atoms with Gasteiger partial charge in [-0.1, -0.05) is 33.8 Å². The Balaban J connectivity index is 2.31. The first-order chi connectivity index (χ1) is 13.0. The number of halogens is 3. The number of ether oxygens (including phenoxy) is 1. The number of esters is 1. The molecule has 0 saturated carbocycles. The SMILES string of the molecule is CC(C)COC(=O)C1CSC(CC(C)C)N1C(=O)c1cccc(C(F)(F)F)c1. The van der Waals surface area contributed by atoms with Gasteiger partial charge in [-0.2, -0.15) is 13.2 Å². The highest BCUT2D eigenvalue weighted by Crippen LogP contribution is 2.36. The lowest BCUT2D eigenvalue weighted by Gasteiger charge is -2.29. The van der Waals surface area contributed by atoms with Crippen LogP contribution in [-0.2, 0) is 15.7 Å². The van der Waals surface area contributed by atoms with E-state index in [0.717, 1.165) is 12.1 Å². The van der Waals surface area contributed by atoms with Gasteiger partial charge in [0, 0.05) is 11.3 Å². The van der Waals surface area contributed by atoms with E-state index in [1.54, 1.807) is 0 Å². The van der Waals surface area contributed by atoms with E-state index in [-0.39, 0.29) is 29.4 Å². The maximum absolute atomic E-state index is 13.1. The third kappa shape index (κ3) is 5.65. The van der Waals surface area contributed by atoms with Crippen LogP contribution in [0.25, 0.3) is 0 Å². The molecule has 0 radical (unpaired) electrons. The number of nitrogens with zero attached hydrogens (tertiary/aromatic N) is 1. The van der Waals surface area contributed by atoms with Crippen LogP contribution in [0.3, 0.4) is 0 Å². The molecule has 0 bridgehead atoms. The minimum Gasteiger partial charge on any atom is -0.464 e. The van der Waals surface area contributed by atoms with Crippen LogP contribution in [0.1, 0.15) is 50.0 Å². The van der Waals surface area contributed by atoms with Gasteiger partial charge in [-0.25, -0.2) is 4.79 Å². The molecule has 1 heterocycles. The van der Waals surface area contributed by atoms with Gasteiger partial charge in [0.1, 0.15) is 6.04 Å². The summed E-state index contributed by atoms with van der Waals surface area (Å²) in [5.41, 5.74) is -0.961. The van der Waals surface area contributed by atoms with Crippen molar-refractivity contribution in [2.24, 2.45) is 11.8 Å². The van der Waals surface area contributed by atoms with Crippen LogP contribution in [0.4, 0.5) is 13.2 Å². The highest BCUT2D eigenvalue weighted by atomic mass is 32.2. The Morgan fingerprint density at radius 2 is 1.89 bits per heavy atom. The van der Waals surface area contributed by atoms with Gasteiger partial charge in [0.05, 0.1) is 17.5 Å². The van der Waals surface area contributed by atoms with Gasteiger partial charge < -0.3 is 9.64 Å². The number of thioether (sulfide) groups is 1.